The number of carbonyl (C=O) groups excluding carboxylic acids is 2. The van der Waals surface area contributed by atoms with Gasteiger partial charge in [-0.05, 0) is 30.4 Å². The molecule has 5 heteroatoms. The number of hydrazine groups is 1. The van der Waals surface area contributed by atoms with Gasteiger partial charge in [-0.15, -0.1) is 0 Å². The number of amides is 2. The van der Waals surface area contributed by atoms with Gasteiger partial charge in [-0.25, -0.2) is 5.84 Å². The second-order valence-corrected chi connectivity index (χ2v) is 5.16. The Morgan fingerprint density at radius 1 is 1.14 bits per heavy atom. The van der Waals surface area contributed by atoms with Gasteiger partial charge >= 0.3 is 0 Å². The molecule has 3 rings (SSSR count). The lowest BCUT2D eigenvalue weighted by Crippen LogP contribution is -2.30. The maximum absolute atomic E-state index is 12.5. The third-order valence-corrected chi connectivity index (χ3v) is 3.85. The molecule has 1 aliphatic heterocycles. The first kappa shape index (κ1) is 13.6. The molecule has 0 saturated carbocycles. The molecule has 21 heavy (non-hydrogen) atoms. The van der Waals surface area contributed by atoms with Gasteiger partial charge in [0.15, 0.2) is 0 Å². The molecule has 0 atom stereocenters. The number of anilines is 1. The van der Waals surface area contributed by atoms with E-state index in [2.05, 4.69) is 5.43 Å². The molecule has 2 aromatic rings. The van der Waals surface area contributed by atoms with Crippen LogP contribution in [0.3, 0.4) is 0 Å². The molecule has 0 aromatic heterocycles. The lowest BCUT2D eigenvalue weighted by atomic mass is 10.1. The molecule has 0 spiro atoms. The van der Waals surface area contributed by atoms with Crippen molar-refractivity contribution in [3.63, 3.8) is 0 Å². The Morgan fingerprint density at radius 3 is 2.67 bits per heavy atom. The standard InChI is InChI=1S/C16H17N3O2/c17-18-14(20)9-1-2-10-19-13-8-4-6-11-5-3-7-12(15(11)13)16(19)21/h3-8H,1-2,9-10,17H2,(H,18,20). The van der Waals surface area contributed by atoms with Crippen LogP contribution >= 0.6 is 0 Å². The summed E-state index contributed by atoms with van der Waals surface area (Å²) in [5, 5.41) is 2.12. The summed E-state index contributed by atoms with van der Waals surface area (Å²) < 4.78 is 0. The van der Waals surface area contributed by atoms with Crippen LogP contribution in [0.5, 0.6) is 0 Å². The van der Waals surface area contributed by atoms with Crippen molar-refractivity contribution < 1.29 is 9.59 Å². The van der Waals surface area contributed by atoms with E-state index in [1.165, 1.54) is 0 Å². The van der Waals surface area contributed by atoms with Crippen molar-refractivity contribution >= 4 is 28.3 Å². The van der Waals surface area contributed by atoms with E-state index in [1.807, 2.05) is 36.4 Å². The SMILES string of the molecule is NNC(=O)CCCCN1C(=O)c2cccc3cccc1c23. The largest absolute Gasteiger partial charge is 0.308 e. The van der Waals surface area contributed by atoms with Crippen LogP contribution in [0.25, 0.3) is 10.8 Å². The summed E-state index contributed by atoms with van der Waals surface area (Å²) in [6.45, 7) is 0.616. The zero-order chi connectivity index (χ0) is 14.8. The van der Waals surface area contributed by atoms with Gasteiger partial charge in [0.2, 0.25) is 5.91 Å². The van der Waals surface area contributed by atoms with Gasteiger partial charge in [-0.3, -0.25) is 15.0 Å². The van der Waals surface area contributed by atoms with E-state index < -0.39 is 0 Å². The Kier molecular flexibility index (Phi) is 3.58. The number of rotatable bonds is 5. The van der Waals surface area contributed by atoms with E-state index in [-0.39, 0.29) is 11.8 Å². The summed E-state index contributed by atoms with van der Waals surface area (Å²) in [4.78, 5) is 25.4. The number of hydrogen-bond acceptors (Lipinski definition) is 3. The predicted octanol–water partition coefficient (Wildman–Crippen LogP) is 1.96. The smallest absolute Gasteiger partial charge is 0.258 e. The van der Waals surface area contributed by atoms with Crippen molar-refractivity contribution in [2.75, 3.05) is 11.4 Å². The van der Waals surface area contributed by atoms with Gasteiger partial charge in [-0.2, -0.15) is 0 Å². The second-order valence-electron chi connectivity index (χ2n) is 5.16. The van der Waals surface area contributed by atoms with Crippen LogP contribution in [-0.2, 0) is 4.79 Å². The van der Waals surface area contributed by atoms with Gasteiger partial charge < -0.3 is 4.90 Å². The highest BCUT2D eigenvalue weighted by atomic mass is 16.2. The van der Waals surface area contributed by atoms with Crippen molar-refractivity contribution in [3.8, 4) is 0 Å². The number of hydrogen-bond donors (Lipinski definition) is 2. The molecule has 2 aromatic carbocycles. The van der Waals surface area contributed by atoms with Crippen molar-refractivity contribution in [3.05, 3.63) is 42.0 Å². The topological polar surface area (TPSA) is 75.4 Å². The first-order chi connectivity index (χ1) is 10.2. The maximum atomic E-state index is 12.5. The summed E-state index contributed by atoms with van der Waals surface area (Å²) in [6.07, 6.45) is 1.86. The quantitative estimate of drug-likeness (QED) is 0.381. The maximum Gasteiger partial charge on any atom is 0.258 e. The summed E-state index contributed by atoms with van der Waals surface area (Å²) in [5.41, 5.74) is 3.85. The number of nitrogens with zero attached hydrogens (tertiary/aromatic N) is 1. The highest BCUT2D eigenvalue weighted by molar-refractivity contribution is 6.24. The Balaban J connectivity index is 1.76. The average Bonchev–Trinajstić information content (AvgIpc) is 2.79. The van der Waals surface area contributed by atoms with Crippen LogP contribution in [0.4, 0.5) is 5.69 Å². The molecule has 108 valence electrons. The number of carbonyl (C=O) groups is 2. The zero-order valence-corrected chi connectivity index (χ0v) is 11.6. The number of nitrogens with two attached hydrogens (primary N) is 1. The third kappa shape index (κ3) is 2.36. The lowest BCUT2D eigenvalue weighted by Gasteiger charge is -2.17. The normalized spacial score (nSPS) is 13.0. The minimum atomic E-state index is -0.173. The molecule has 0 saturated heterocycles. The molecule has 0 fully saturated rings. The van der Waals surface area contributed by atoms with Gasteiger partial charge in [0.1, 0.15) is 0 Å². The van der Waals surface area contributed by atoms with Crippen molar-refractivity contribution in [2.45, 2.75) is 19.3 Å². The Morgan fingerprint density at radius 2 is 1.90 bits per heavy atom. The number of benzene rings is 2. The van der Waals surface area contributed by atoms with Crippen LogP contribution in [0.2, 0.25) is 0 Å². The molecule has 0 aliphatic carbocycles. The van der Waals surface area contributed by atoms with Crippen molar-refractivity contribution in [1.82, 2.24) is 5.43 Å². The van der Waals surface area contributed by atoms with Crippen LogP contribution in [0.15, 0.2) is 36.4 Å². The van der Waals surface area contributed by atoms with E-state index in [0.29, 0.717) is 19.4 Å². The van der Waals surface area contributed by atoms with Gasteiger partial charge in [0.05, 0.1) is 5.69 Å². The lowest BCUT2D eigenvalue weighted by molar-refractivity contribution is -0.121. The molecule has 3 N–H and O–H groups in total. The Bertz CT molecular complexity index is 706. The first-order valence-electron chi connectivity index (χ1n) is 7.05. The van der Waals surface area contributed by atoms with E-state index in [1.54, 1.807) is 4.90 Å². The molecular formula is C16H17N3O2. The summed E-state index contributed by atoms with van der Waals surface area (Å²) in [7, 11) is 0. The van der Waals surface area contributed by atoms with E-state index in [4.69, 9.17) is 5.84 Å². The van der Waals surface area contributed by atoms with Crippen molar-refractivity contribution in [1.29, 1.82) is 0 Å². The monoisotopic (exact) mass is 283 g/mol. The van der Waals surface area contributed by atoms with Crippen LogP contribution in [0.1, 0.15) is 29.6 Å². The van der Waals surface area contributed by atoms with Gasteiger partial charge in [-0.1, -0.05) is 24.3 Å². The van der Waals surface area contributed by atoms with Crippen LogP contribution < -0.4 is 16.2 Å². The molecule has 0 radical (unpaired) electrons. The zero-order valence-electron chi connectivity index (χ0n) is 11.6. The highest BCUT2D eigenvalue weighted by Gasteiger charge is 2.28. The number of unbranched alkanes of at least 4 members (excludes halogenated alkanes) is 1. The number of nitrogens with one attached hydrogen (secondary N) is 1. The van der Waals surface area contributed by atoms with Crippen LogP contribution in [-0.4, -0.2) is 18.4 Å². The van der Waals surface area contributed by atoms with E-state index >= 15 is 0 Å². The predicted molar refractivity (Wildman–Crippen MR) is 81.8 cm³/mol. The Hall–Kier alpha value is -2.40. The summed E-state index contributed by atoms with van der Waals surface area (Å²) >= 11 is 0. The van der Waals surface area contributed by atoms with Crippen molar-refractivity contribution in [2.24, 2.45) is 5.84 Å². The highest BCUT2D eigenvalue weighted by Crippen LogP contribution is 2.37. The van der Waals surface area contributed by atoms with Gasteiger partial charge in [0.25, 0.3) is 5.91 Å². The molecule has 0 unspecified atom stereocenters. The fourth-order valence-electron chi connectivity index (χ4n) is 2.83. The molecular weight excluding hydrogens is 266 g/mol. The van der Waals surface area contributed by atoms with E-state index in [0.717, 1.165) is 28.4 Å². The minimum absolute atomic E-state index is 0.0464. The third-order valence-electron chi connectivity index (χ3n) is 3.85. The second kappa shape index (κ2) is 5.54. The first-order valence-corrected chi connectivity index (χ1v) is 7.05. The molecule has 2 amide bonds. The van der Waals surface area contributed by atoms with Crippen LogP contribution in [0, 0.1) is 0 Å². The van der Waals surface area contributed by atoms with E-state index in [9.17, 15) is 9.59 Å². The molecule has 5 nitrogen and oxygen atoms in total. The molecule has 0 bridgehead atoms. The average molecular weight is 283 g/mol. The van der Waals surface area contributed by atoms with Gasteiger partial charge in [0, 0.05) is 23.9 Å². The fraction of sp³-hybridized carbons (Fsp3) is 0.250. The fourth-order valence-corrected chi connectivity index (χ4v) is 2.83. The molecule has 1 aliphatic rings. The minimum Gasteiger partial charge on any atom is -0.308 e. The molecule has 1 heterocycles. The summed E-state index contributed by atoms with van der Waals surface area (Å²) in [6, 6.07) is 11.8. The summed E-state index contributed by atoms with van der Waals surface area (Å²) in [5.74, 6) is 4.92. The Labute approximate surface area is 122 Å².